The van der Waals surface area contributed by atoms with E-state index in [2.05, 4.69) is 5.32 Å². The van der Waals surface area contributed by atoms with Crippen LogP contribution in [0.1, 0.15) is 31.9 Å². The number of rotatable bonds is 4. The Balaban J connectivity index is 2.48. The lowest BCUT2D eigenvalue weighted by molar-refractivity contribution is -0.153. The molecular weight excluding hydrogens is 247 g/mol. The first kappa shape index (κ1) is 15.1. The maximum absolute atomic E-state index is 13.2. The number of carbonyl (C=O) groups is 1. The number of nitriles is 1. The third-order valence-electron chi connectivity index (χ3n) is 2.11. The Morgan fingerprint density at radius 1 is 1.42 bits per heavy atom. The molecule has 0 radical (unpaired) electrons. The molecule has 0 heterocycles. The van der Waals surface area contributed by atoms with Gasteiger partial charge in [-0.2, -0.15) is 5.26 Å². The first-order valence-corrected chi connectivity index (χ1v) is 5.92. The fourth-order valence-corrected chi connectivity index (χ4v) is 1.50. The standard InChI is InChI=1S/C14H17FN2O2/c1-14(2,3)19-13(18)9-17-8-11-4-10(7-16)5-12(15)6-11/h4-6,17H,8-9H2,1-3H3. The molecule has 1 N–H and O–H groups in total. The van der Waals surface area contributed by atoms with Gasteiger partial charge in [0.1, 0.15) is 11.4 Å². The summed E-state index contributed by atoms with van der Waals surface area (Å²) in [4.78, 5) is 11.4. The molecule has 5 heteroatoms. The van der Waals surface area contributed by atoms with Crippen molar-refractivity contribution in [3.05, 3.63) is 35.1 Å². The molecule has 0 saturated heterocycles. The Bertz CT molecular complexity index is 501. The Morgan fingerprint density at radius 3 is 2.68 bits per heavy atom. The van der Waals surface area contributed by atoms with Crippen molar-refractivity contribution in [3.63, 3.8) is 0 Å². The van der Waals surface area contributed by atoms with E-state index in [4.69, 9.17) is 10.00 Å². The summed E-state index contributed by atoms with van der Waals surface area (Å²) in [5.41, 5.74) is 0.347. The normalized spacial score (nSPS) is 10.9. The van der Waals surface area contributed by atoms with Crippen molar-refractivity contribution in [3.8, 4) is 6.07 Å². The highest BCUT2D eigenvalue weighted by Crippen LogP contribution is 2.09. The molecule has 0 fully saturated rings. The van der Waals surface area contributed by atoms with Crippen LogP contribution in [0.5, 0.6) is 0 Å². The van der Waals surface area contributed by atoms with Crippen molar-refractivity contribution in [2.45, 2.75) is 32.9 Å². The van der Waals surface area contributed by atoms with Crippen molar-refractivity contribution >= 4 is 5.97 Å². The molecule has 0 spiro atoms. The fourth-order valence-electron chi connectivity index (χ4n) is 1.50. The molecule has 0 bridgehead atoms. The van der Waals surface area contributed by atoms with Crippen LogP contribution in [0.4, 0.5) is 4.39 Å². The number of ether oxygens (including phenoxy) is 1. The molecule has 1 aromatic carbocycles. The zero-order valence-electron chi connectivity index (χ0n) is 11.3. The van der Waals surface area contributed by atoms with Gasteiger partial charge in [-0.1, -0.05) is 0 Å². The Morgan fingerprint density at radius 2 is 2.11 bits per heavy atom. The number of carbonyl (C=O) groups excluding carboxylic acids is 1. The van der Waals surface area contributed by atoms with Crippen LogP contribution in [-0.2, 0) is 16.1 Å². The van der Waals surface area contributed by atoms with E-state index < -0.39 is 11.4 Å². The lowest BCUT2D eigenvalue weighted by Crippen LogP contribution is -2.31. The van der Waals surface area contributed by atoms with Gasteiger partial charge in [0, 0.05) is 6.54 Å². The van der Waals surface area contributed by atoms with Crippen LogP contribution < -0.4 is 5.32 Å². The van der Waals surface area contributed by atoms with Crippen molar-refractivity contribution in [2.24, 2.45) is 0 Å². The van der Waals surface area contributed by atoms with E-state index in [1.165, 1.54) is 6.07 Å². The third-order valence-corrected chi connectivity index (χ3v) is 2.11. The number of benzene rings is 1. The second-order valence-corrected chi connectivity index (χ2v) is 5.15. The Kier molecular flexibility index (Phi) is 5.02. The van der Waals surface area contributed by atoms with Gasteiger partial charge < -0.3 is 10.1 Å². The number of hydrogen-bond acceptors (Lipinski definition) is 4. The molecule has 0 aliphatic rings. The second kappa shape index (κ2) is 6.30. The minimum Gasteiger partial charge on any atom is -0.459 e. The van der Waals surface area contributed by atoms with Gasteiger partial charge >= 0.3 is 5.97 Å². The molecule has 0 amide bonds. The summed E-state index contributed by atoms with van der Waals surface area (Å²) in [5, 5.41) is 11.6. The van der Waals surface area contributed by atoms with Gasteiger partial charge in [-0.05, 0) is 44.5 Å². The van der Waals surface area contributed by atoms with E-state index in [0.717, 1.165) is 6.07 Å². The third kappa shape index (κ3) is 5.98. The highest BCUT2D eigenvalue weighted by Gasteiger charge is 2.15. The van der Waals surface area contributed by atoms with Crippen LogP contribution >= 0.6 is 0 Å². The molecule has 0 aliphatic heterocycles. The molecule has 0 aliphatic carbocycles. The molecule has 0 saturated carbocycles. The second-order valence-electron chi connectivity index (χ2n) is 5.15. The molecule has 19 heavy (non-hydrogen) atoms. The van der Waals surface area contributed by atoms with Crippen molar-refractivity contribution in [1.29, 1.82) is 5.26 Å². The maximum atomic E-state index is 13.2. The van der Waals surface area contributed by atoms with E-state index >= 15 is 0 Å². The topological polar surface area (TPSA) is 62.1 Å². The maximum Gasteiger partial charge on any atom is 0.320 e. The van der Waals surface area contributed by atoms with Gasteiger partial charge in [0.15, 0.2) is 0 Å². The first-order valence-electron chi connectivity index (χ1n) is 5.92. The van der Waals surface area contributed by atoms with Gasteiger partial charge in [-0.25, -0.2) is 4.39 Å². The van der Waals surface area contributed by atoms with Crippen LogP contribution in [0.2, 0.25) is 0 Å². The highest BCUT2D eigenvalue weighted by atomic mass is 19.1. The highest BCUT2D eigenvalue weighted by molar-refractivity contribution is 5.72. The molecule has 102 valence electrons. The van der Waals surface area contributed by atoms with Gasteiger partial charge in [0.2, 0.25) is 0 Å². The minimum absolute atomic E-state index is 0.0374. The van der Waals surface area contributed by atoms with Crippen LogP contribution in [-0.4, -0.2) is 18.1 Å². The predicted octanol–water partition coefficient (Wildman–Crippen LogP) is 2.13. The Labute approximate surface area is 112 Å². The number of hydrogen-bond donors (Lipinski definition) is 1. The molecule has 4 nitrogen and oxygen atoms in total. The van der Waals surface area contributed by atoms with E-state index in [1.54, 1.807) is 26.8 Å². The predicted molar refractivity (Wildman–Crippen MR) is 68.7 cm³/mol. The number of nitrogens with one attached hydrogen (secondary N) is 1. The lowest BCUT2D eigenvalue weighted by Gasteiger charge is -2.19. The summed E-state index contributed by atoms with van der Waals surface area (Å²) in [7, 11) is 0. The molecule has 0 atom stereocenters. The first-order chi connectivity index (χ1) is 8.80. The number of halogens is 1. The summed E-state index contributed by atoms with van der Waals surface area (Å²) < 4.78 is 18.3. The quantitative estimate of drug-likeness (QED) is 0.846. The van der Waals surface area contributed by atoms with Crippen LogP contribution in [0.15, 0.2) is 18.2 Å². The van der Waals surface area contributed by atoms with Gasteiger partial charge in [-0.15, -0.1) is 0 Å². The molecule has 0 aromatic heterocycles. The van der Waals surface area contributed by atoms with Crippen molar-refractivity contribution in [1.82, 2.24) is 5.32 Å². The summed E-state index contributed by atoms with van der Waals surface area (Å²) >= 11 is 0. The van der Waals surface area contributed by atoms with E-state index in [9.17, 15) is 9.18 Å². The Hall–Kier alpha value is -1.93. The van der Waals surface area contributed by atoms with Crippen molar-refractivity contribution in [2.75, 3.05) is 6.54 Å². The average molecular weight is 264 g/mol. The monoisotopic (exact) mass is 264 g/mol. The van der Waals surface area contributed by atoms with E-state index in [-0.39, 0.29) is 18.1 Å². The average Bonchev–Trinajstić information content (AvgIpc) is 2.25. The minimum atomic E-state index is -0.522. The molecule has 0 unspecified atom stereocenters. The van der Waals surface area contributed by atoms with Crippen molar-refractivity contribution < 1.29 is 13.9 Å². The van der Waals surface area contributed by atoms with Crippen LogP contribution in [0.3, 0.4) is 0 Å². The molecule has 1 aromatic rings. The largest absolute Gasteiger partial charge is 0.459 e. The van der Waals surface area contributed by atoms with Crippen LogP contribution in [0.25, 0.3) is 0 Å². The summed E-state index contributed by atoms with van der Waals surface area (Å²) in [6.45, 7) is 5.70. The zero-order chi connectivity index (χ0) is 14.5. The van der Waals surface area contributed by atoms with Gasteiger partial charge in [-0.3, -0.25) is 4.79 Å². The summed E-state index contributed by atoms with van der Waals surface area (Å²) in [6.07, 6.45) is 0. The lowest BCUT2D eigenvalue weighted by atomic mass is 10.1. The van der Waals surface area contributed by atoms with Gasteiger partial charge in [0.05, 0.1) is 18.2 Å². The molecular formula is C14H17FN2O2. The number of esters is 1. The SMILES string of the molecule is CC(C)(C)OC(=O)CNCc1cc(F)cc(C#N)c1. The fraction of sp³-hybridized carbons (Fsp3) is 0.429. The summed E-state index contributed by atoms with van der Waals surface area (Å²) in [5.74, 6) is -0.836. The molecule has 1 rings (SSSR count). The van der Waals surface area contributed by atoms with E-state index in [1.807, 2.05) is 6.07 Å². The zero-order valence-corrected chi connectivity index (χ0v) is 11.3. The van der Waals surface area contributed by atoms with Gasteiger partial charge in [0.25, 0.3) is 0 Å². The van der Waals surface area contributed by atoms with E-state index in [0.29, 0.717) is 12.1 Å². The van der Waals surface area contributed by atoms with Crippen LogP contribution in [0, 0.1) is 17.1 Å². The summed E-state index contributed by atoms with van der Waals surface area (Å²) in [6, 6.07) is 5.94. The smallest absolute Gasteiger partial charge is 0.320 e. The number of nitrogens with zero attached hydrogens (tertiary/aromatic N) is 1.